The van der Waals surface area contributed by atoms with E-state index in [2.05, 4.69) is 5.32 Å². The van der Waals surface area contributed by atoms with Gasteiger partial charge in [-0.05, 0) is 5.41 Å². The van der Waals surface area contributed by atoms with Crippen LogP contribution >= 0.6 is 0 Å². The summed E-state index contributed by atoms with van der Waals surface area (Å²) in [5.41, 5.74) is 3.73. The largest absolute Gasteiger partial charge is 0.327 e. The molecule has 0 aromatic carbocycles. The van der Waals surface area contributed by atoms with Crippen LogP contribution in [0.15, 0.2) is 12.2 Å². The van der Waals surface area contributed by atoms with Gasteiger partial charge in [0.05, 0.1) is 6.04 Å². The molecule has 1 heterocycles. The zero-order chi connectivity index (χ0) is 10.1. The average molecular weight is 186 g/mol. The summed E-state index contributed by atoms with van der Waals surface area (Å²) < 4.78 is 14.5. The van der Waals surface area contributed by atoms with E-state index in [1.807, 2.05) is 32.9 Å². The van der Waals surface area contributed by atoms with Gasteiger partial charge in [0.1, 0.15) is 5.67 Å². The number of hydrogen-bond donors (Lipinski definition) is 2. The molecule has 0 aliphatic carbocycles. The number of halogens is 1. The van der Waals surface area contributed by atoms with E-state index in [9.17, 15) is 4.39 Å². The molecular formula is C10H19FN2. The Labute approximate surface area is 79.4 Å². The Hall–Kier alpha value is -0.410. The van der Waals surface area contributed by atoms with Crippen molar-refractivity contribution in [1.29, 1.82) is 0 Å². The molecule has 0 amide bonds. The molecule has 3 heteroatoms. The first-order valence-electron chi connectivity index (χ1n) is 4.71. The van der Waals surface area contributed by atoms with E-state index in [1.54, 1.807) is 0 Å². The molecule has 2 nitrogen and oxygen atoms in total. The van der Waals surface area contributed by atoms with Gasteiger partial charge in [0.15, 0.2) is 0 Å². The molecule has 0 fully saturated rings. The zero-order valence-electron chi connectivity index (χ0n) is 8.60. The van der Waals surface area contributed by atoms with E-state index in [1.165, 1.54) is 0 Å². The summed E-state index contributed by atoms with van der Waals surface area (Å²) >= 11 is 0. The van der Waals surface area contributed by atoms with Gasteiger partial charge < -0.3 is 11.1 Å². The molecule has 0 spiro atoms. The van der Waals surface area contributed by atoms with Crippen molar-refractivity contribution < 1.29 is 4.39 Å². The Morgan fingerprint density at radius 2 is 2.15 bits per heavy atom. The van der Waals surface area contributed by atoms with Gasteiger partial charge in [-0.2, -0.15) is 0 Å². The third kappa shape index (κ3) is 1.76. The van der Waals surface area contributed by atoms with Crippen LogP contribution in [0.25, 0.3) is 0 Å². The molecule has 1 aliphatic heterocycles. The van der Waals surface area contributed by atoms with Crippen molar-refractivity contribution in [2.24, 2.45) is 11.1 Å². The fraction of sp³-hybridized carbons (Fsp3) is 0.800. The van der Waals surface area contributed by atoms with Crippen molar-refractivity contribution >= 4 is 0 Å². The van der Waals surface area contributed by atoms with E-state index >= 15 is 0 Å². The van der Waals surface area contributed by atoms with Gasteiger partial charge in [0.25, 0.3) is 0 Å². The maximum atomic E-state index is 14.5. The Balaban J connectivity index is 2.86. The SMILES string of the molecule is CC(C)(C)C(F)(CN)C1C=CCN1. The van der Waals surface area contributed by atoms with Crippen LogP contribution in [0, 0.1) is 5.41 Å². The van der Waals surface area contributed by atoms with E-state index < -0.39 is 11.1 Å². The average Bonchev–Trinajstić information content (AvgIpc) is 2.52. The summed E-state index contributed by atoms with van der Waals surface area (Å²) in [6.07, 6.45) is 3.82. The van der Waals surface area contributed by atoms with Crippen LogP contribution < -0.4 is 11.1 Å². The Kier molecular flexibility index (Phi) is 2.78. The first-order valence-corrected chi connectivity index (χ1v) is 4.71. The molecule has 76 valence electrons. The first kappa shape index (κ1) is 10.7. The topological polar surface area (TPSA) is 38.0 Å². The number of alkyl halides is 1. The van der Waals surface area contributed by atoms with Crippen LogP contribution in [0.4, 0.5) is 4.39 Å². The lowest BCUT2D eigenvalue weighted by Gasteiger charge is -2.40. The summed E-state index contributed by atoms with van der Waals surface area (Å²) in [6, 6.07) is -0.238. The number of rotatable bonds is 2. The third-order valence-corrected chi connectivity index (χ3v) is 2.82. The van der Waals surface area contributed by atoms with Gasteiger partial charge in [0, 0.05) is 13.1 Å². The van der Waals surface area contributed by atoms with Crippen LogP contribution in [0.3, 0.4) is 0 Å². The predicted octanol–water partition coefficient (Wildman–Crippen LogP) is 1.23. The summed E-state index contributed by atoms with van der Waals surface area (Å²) in [5.74, 6) is 0. The van der Waals surface area contributed by atoms with E-state index in [-0.39, 0.29) is 12.6 Å². The molecule has 13 heavy (non-hydrogen) atoms. The van der Waals surface area contributed by atoms with Crippen LogP contribution in [0.2, 0.25) is 0 Å². The highest BCUT2D eigenvalue weighted by Crippen LogP contribution is 2.37. The summed E-state index contributed by atoms with van der Waals surface area (Å²) in [6.45, 7) is 6.44. The lowest BCUT2D eigenvalue weighted by atomic mass is 9.73. The molecule has 0 radical (unpaired) electrons. The van der Waals surface area contributed by atoms with Crippen molar-refractivity contribution in [2.75, 3.05) is 13.1 Å². The molecule has 1 rings (SSSR count). The standard InChI is InChI=1S/C10H19FN2/c1-9(2,3)10(11,7-12)8-5-4-6-13-8/h4-5,8,13H,6-7,12H2,1-3H3. The second kappa shape index (κ2) is 3.39. The van der Waals surface area contributed by atoms with Gasteiger partial charge in [-0.3, -0.25) is 0 Å². The van der Waals surface area contributed by atoms with Gasteiger partial charge in [-0.15, -0.1) is 0 Å². The predicted molar refractivity (Wildman–Crippen MR) is 53.3 cm³/mol. The summed E-state index contributed by atoms with van der Waals surface area (Å²) in [4.78, 5) is 0. The van der Waals surface area contributed by atoms with Crippen molar-refractivity contribution in [1.82, 2.24) is 5.32 Å². The van der Waals surface area contributed by atoms with Crippen LogP contribution in [-0.4, -0.2) is 24.8 Å². The minimum atomic E-state index is -1.36. The van der Waals surface area contributed by atoms with E-state index in [4.69, 9.17) is 5.73 Å². The lowest BCUT2D eigenvalue weighted by molar-refractivity contribution is 0.0179. The summed E-state index contributed by atoms with van der Waals surface area (Å²) in [7, 11) is 0. The second-order valence-electron chi connectivity index (χ2n) is 4.63. The fourth-order valence-electron chi connectivity index (χ4n) is 1.68. The fourth-order valence-corrected chi connectivity index (χ4v) is 1.68. The second-order valence-corrected chi connectivity index (χ2v) is 4.63. The van der Waals surface area contributed by atoms with Crippen molar-refractivity contribution in [3.8, 4) is 0 Å². The third-order valence-electron chi connectivity index (χ3n) is 2.82. The molecule has 0 saturated carbocycles. The molecule has 2 unspecified atom stereocenters. The molecule has 0 aromatic heterocycles. The van der Waals surface area contributed by atoms with E-state index in [0.717, 1.165) is 6.54 Å². The highest BCUT2D eigenvalue weighted by Gasteiger charge is 2.47. The van der Waals surface area contributed by atoms with Crippen LogP contribution in [0.5, 0.6) is 0 Å². The highest BCUT2D eigenvalue weighted by atomic mass is 19.1. The molecule has 0 aromatic rings. The first-order chi connectivity index (χ1) is 5.92. The molecule has 0 bridgehead atoms. The van der Waals surface area contributed by atoms with Gasteiger partial charge in [0.2, 0.25) is 0 Å². The normalized spacial score (nSPS) is 27.6. The number of nitrogens with one attached hydrogen (secondary N) is 1. The molecular weight excluding hydrogens is 167 g/mol. The lowest BCUT2D eigenvalue weighted by Crippen LogP contribution is -2.57. The van der Waals surface area contributed by atoms with Gasteiger partial charge in [-0.25, -0.2) is 4.39 Å². The molecule has 0 saturated heterocycles. The Morgan fingerprint density at radius 1 is 1.54 bits per heavy atom. The molecule has 3 N–H and O–H groups in total. The monoisotopic (exact) mass is 186 g/mol. The Bertz CT molecular complexity index is 207. The smallest absolute Gasteiger partial charge is 0.146 e. The molecule has 1 aliphatic rings. The highest BCUT2D eigenvalue weighted by molar-refractivity contribution is 5.15. The van der Waals surface area contributed by atoms with Crippen molar-refractivity contribution in [3.63, 3.8) is 0 Å². The van der Waals surface area contributed by atoms with Gasteiger partial charge in [-0.1, -0.05) is 32.9 Å². The van der Waals surface area contributed by atoms with Crippen molar-refractivity contribution in [3.05, 3.63) is 12.2 Å². The quantitative estimate of drug-likeness (QED) is 0.636. The summed E-state index contributed by atoms with van der Waals surface area (Å²) in [5, 5.41) is 3.09. The Morgan fingerprint density at radius 3 is 2.46 bits per heavy atom. The van der Waals surface area contributed by atoms with E-state index in [0.29, 0.717) is 0 Å². The minimum Gasteiger partial charge on any atom is -0.327 e. The van der Waals surface area contributed by atoms with Crippen molar-refractivity contribution in [2.45, 2.75) is 32.5 Å². The minimum absolute atomic E-state index is 0.0541. The number of hydrogen-bond acceptors (Lipinski definition) is 2. The number of nitrogens with two attached hydrogens (primary N) is 1. The van der Waals surface area contributed by atoms with Crippen LogP contribution in [-0.2, 0) is 0 Å². The molecule has 2 atom stereocenters. The zero-order valence-corrected chi connectivity index (χ0v) is 8.60. The maximum absolute atomic E-state index is 14.5. The van der Waals surface area contributed by atoms with Gasteiger partial charge >= 0.3 is 0 Å². The maximum Gasteiger partial charge on any atom is 0.146 e. The van der Waals surface area contributed by atoms with Crippen LogP contribution in [0.1, 0.15) is 20.8 Å².